The molecule has 158 valence electrons. The predicted molar refractivity (Wildman–Crippen MR) is 112 cm³/mol. The number of azo groups is 1. The average Bonchev–Trinajstić information content (AvgIpc) is 2.93. The van der Waals surface area contributed by atoms with Gasteiger partial charge in [-0.1, -0.05) is 41.9 Å². The SMILES string of the molecule is CCN(CC(F)(F)F)c1ccc(N=Nc2c(Cl)c(-c3ccccc3)n(C)[n+]2C)cc1. The van der Waals surface area contributed by atoms with E-state index < -0.39 is 12.7 Å². The Balaban J connectivity index is 1.85. The van der Waals surface area contributed by atoms with Crippen LogP contribution in [0.5, 0.6) is 0 Å². The van der Waals surface area contributed by atoms with Crippen LogP contribution in [0.4, 0.5) is 30.4 Å². The van der Waals surface area contributed by atoms with Gasteiger partial charge in [-0.15, -0.1) is 0 Å². The molecule has 0 aliphatic rings. The maximum Gasteiger partial charge on any atom is 0.405 e. The highest BCUT2D eigenvalue weighted by Gasteiger charge is 2.30. The quantitative estimate of drug-likeness (QED) is 0.346. The van der Waals surface area contributed by atoms with Gasteiger partial charge in [0.2, 0.25) is 0 Å². The van der Waals surface area contributed by atoms with E-state index in [1.54, 1.807) is 35.9 Å². The minimum absolute atomic E-state index is 0.248. The first-order valence-corrected chi connectivity index (χ1v) is 9.72. The van der Waals surface area contributed by atoms with Crippen molar-refractivity contribution in [3.63, 3.8) is 0 Å². The molecule has 0 unspecified atom stereocenters. The van der Waals surface area contributed by atoms with Gasteiger partial charge in [-0.05, 0) is 36.3 Å². The van der Waals surface area contributed by atoms with E-state index in [0.29, 0.717) is 22.2 Å². The van der Waals surface area contributed by atoms with Crippen molar-refractivity contribution >= 4 is 28.8 Å². The number of hydrogen-bond donors (Lipinski definition) is 0. The fourth-order valence-corrected chi connectivity index (χ4v) is 3.53. The van der Waals surface area contributed by atoms with Crippen molar-refractivity contribution in [2.24, 2.45) is 24.3 Å². The monoisotopic (exact) mass is 436 g/mol. The molecule has 3 aromatic rings. The van der Waals surface area contributed by atoms with Crippen LogP contribution in [-0.2, 0) is 14.1 Å². The maximum absolute atomic E-state index is 12.7. The van der Waals surface area contributed by atoms with Gasteiger partial charge in [0, 0.05) is 24.8 Å². The van der Waals surface area contributed by atoms with Crippen molar-refractivity contribution < 1.29 is 17.9 Å². The Morgan fingerprint density at radius 1 is 1.03 bits per heavy atom. The van der Waals surface area contributed by atoms with Crippen LogP contribution in [0.1, 0.15) is 6.92 Å². The van der Waals surface area contributed by atoms with Crippen molar-refractivity contribution in [1.29, 1.82) is 0 Å². The van der Waals surface area contributed by atoms with Gasteiger partial charge in [-0.25, -0.2) is 4.68 Å². The molecule has 0 bridgehead atoms. The molecule has 0 saturated heterocycles. The summed E-state index contributed by atoms with van der Waals surface area (Å²) in [6, 6.07) is 16.2. The first-order valence-electron chi connectivity index (χ1n) is 9.34. The van der Waals surface area contributed by atoms with Gasteiger partial charge in [0.15, 0.2) is 5.02 Å². The second kappa shape index (κ2) is 8.87. The lowest BCUT2D eigenvalue weighted by Crippen LogP contribution is -2.37. The third-order valence-electron chi connectivity index (χ3n) is 4.76. The Morgan fingerprint density at radius 2 is 1.67 bits per heavy atom. The van der Waals surface area contributed by atoms with Gasteiger partial charge in [0.1, 0.15) is 25.0 Å². The third kappa shape index (κ3) is 4.81. The summed E-state index contributed by atoms with van der Waals surface area (Å²) < 4.78 is 41.8. The lowest BCUT2D eigenvalue weighted by atomic mass is 10.1. The van der Waals surface area contributed by atoms with E-state index in [0.717, 1.165) is 11.3 Å². The number of nitrogens with zero attached hydrogens (tertiary/aromatic N) is 5. The summed E-state index contributed by atoms with van der Waals surface area (Å²) in [6.45, 7) is 0.932. The third-order valence-corrected chi connectivity index (χ3v) is 5.11. The Bertz CT molecular complexity index is 1030. The normalized spacial score (nSPS) is 12.0. The molecule has 5 nitrogen and oxygen atoms in total. The number of alkyl halides is 3. The zero-order valence-corrected chi connectivity index (χ0v) is 17.6. The second-order valence-electron chi connectivity index (χ2n) is 6.75. The van der Waals surface area contributed by atoms with E-state index in [4.69, 9.17) is 11.6 Å². The predicted octanol–water partition coefficient (Wildman–Crippen LogP) is 5.97. The molecular weight excluding hydrogens is 415 g/mol. The first kappa shape index (κ1) is 21.8. The minimum Gasteiger partial charge on any atom is -0.363 e. The lowest BCUT2D eigenvalue weighted by Gasteiger charge is -2.24. The van der Waals surface area contributed by atoms with Crippen LogP contribution in [-0.4, -0.2) is 23.9 Å². The number of rotatable bonds is 6. The Labute approximate surface area is 178 Å². The number of benzene rings is 2. The minimum atomic E-state index is -4.26. The Kier molecular flexibility index (Phi) is 6.45. The van der Waals surface area contributed by atoms with E-state index in [2.05, 4.69) is 10.2 Å². The molecule has 0 amide bonds. The van der Waals surface area contributed by atoms with Gasteiger partial charge in [0.25, 0.3) is 0 Å². The lowest BCUT2D eigenvalue weighted by molar-refractivity contribution is -0.738. The molecule has 9 heteroatoms. The van der Waals surface area contributed by atoms with Crippen LogP contribution in [0.3, 0.4) is 0 Å². The largest absolute Gasteiger partial charge is 0.405 e. The molecule has 0 aliphatic carbocycles. The standard InChI is InChI=1S/C21H22ClF3N5/c1-4-30(14-21(23,24)25)17-12-10-16(11-13-17)26-27-20-18(22)19(28(2)29(20)3)15-8-6-5-7-9-15/h5-13H,4,14H2,1-3H3/q+1. The first-order chi connectivity index (χ1) is 14.2. The van der Waals surface area contributed by atoms with Crippen LogP contribution in [0.25, 0.3) is 11.3 Å². The van der Waals surface area contributed by atoms with Crippen LogP contribution >= 0.6 is 11.6 Å². The fourth-order valence-electron chi connectivity index (χ4n) is 3.14. The Hall–Kier alpha value is -2.87. The van der Waals surface area contributed by atoms with Crippen molar-refractivity contribution in [1.82, 2.24) is 4.68 Å². The van der Waals surface area contributed by atoms with Crippen molar-refractivity contribution in [2.75, 3.05) is 18.0 Å². The summed E-state index contributed by atoms with van der Waals surface area (Å²) in [5, 5.41) is 8.96. The highest BCUT2D eigenvalue weighted by atomic mass is 35.5. The molecule has 3 rings (SSSR count). The summed E-state index contributed by atoms with van der Waals surface area (Å²) in [5.41, 5.74) is 2.76. The molecule has 1 heterocycles. The van der Waals surface area contributed by atoms with Crippen LogP contribution in [0.2, 0.25) is 5.02 Å². The highest BCUT2D eigenvalue weighted by molar-refractivity contribution is 6.35. The van der Waals surface area contributed by atoms with Gasteiger partial charge in [-0.2, -0.15) is 17.9 Å². The van der Waals surface area contributed by atoms with Gasteiger partial charge < -0.3 is 4.90 Å². The summed E-state index contributed by atoms with van der Waals surface area (Å²) in [7, 11) is 3.70. The van der Waals surface area contributed by atoms with Crippen molar-refractivity contribution in [3.05, 3.63) is 59.6 Å². The van der Waals surface area contributed by atoms with Gasteiger partial charge in [-0.3, -0.25) is 0 Å². The van der Waals surface area contributed by atoms with E-state index in [1.165, 1.54) is 4.90 Å². The van der Waals surface area contributed by atoms with Crippen LogP contribution in [0, 0.1) is 0 Å². The average molecular weight is 437 g/mol. The zero-order valence-electron chi connectivity index (χ0n) is 16.9. The molecule has 0 radical (unpaired) electrons. The summed E-state index contributed by atoms with van der Waals surface area (Å²) in [4.78, 5) is 1.25. The molecule has 0 aliphatic heterocycles. The second-order valence-corrected chi connectivity index (χ2v) is 7.12. The Morgan fingerprint density at radius 3 is 2.23 bits per heavy atom. The van der Waals surface area contributed by atoms with E-state index in [1.807, 2.05) is 49.1 Å². The van der Waals surface area contributed by atoms with E-state index >= 15 is 0 Å². The molecule has 0 atom stereocenters. The molecule has 2 aromatic carbocycles. The van der Waals surface area contributed by atoms with E-state index in [9.17, 15) is 13.2 Å². The summed E-state index contributed by atoms with van der Waals surface area (Å²) in [5.74, 6) is 0.481. The molecule has 0 N–H and O–H groups in total. The molecule has 0 spiro atoms. The van der Waals surface area contributed by atoms with Crippen molar-refractivity contribution in [3.8, 4) is 11.3 Å². The van der Waals surface area contributed by atoms with Gasteiger partial charge >= 0.3 is 12.0 Å². The zero-order chi connectivity index (χ0) is 21.9. The fraction of sp³-hybridized carbons (Fsp3) is 0.286. The van der Waals surface area contributed by atoms with Gasteiger partial charge in [0.05, 0.1) is 5.11 Å². The van der Waals surface area contributed by atoms with Crippen LogP contribution < -0.4 is 9.58 Å². The number of hydrogen-bond acceptors (Lipinski definition) is 3. The molecule has 0 saturated carbocycles. The van der Waals surface area contributed by atoms with Crippen LogP contribution in [0.15, 0.2) is 64.8 Å². The van der Waals surface area contributed by atoms with E-state index in [-0.39, 0.29) is 6.54 Å². The molecular formula is C21H22ClF3N5+. The number of halogens is 4. The molecule has 30 heavy (non-hydrogen) atoms. The summed E-state index contributed by atoms with van der Waals surface area (Å²) in [6.07, 6.45) is -4.26. The summed E-state index contributed by atoms with van der Waals surface area (Å²) >= 11 is 6.57. The maximum atomic E-state index is 12.7. The number of aromatic nitrogens is 2. The number of anilines is 1. The highest BCUT2D eigenvalue weighted by Crippen LogP contribution is 2.34. The topological polar surface area (TPSA) is 36.8 Å². The molecule has 1 aromatic heterocycles. The smallest absolute Gasteiger partial charge is 0.363 e. The van der Waals surface area contributed by atoms with Crippen molar-refractivity contribution in [2.45, 2.75) is 13.1 Å². The molecule has 0 fully saturated rings.